The molecule has 1 aromatic carbocycles. The lowest BCUT2D eigenvalue weighted by Gasteiger charge is -2.24. The van der Waals surface area contributed by atoms with Gasteiger partial charge in [0.1, 0.15) is 0 Å². The van der Waals surface area contributed by atoms with Crippen LogP contribution < -0.4 is 0 Å². The van der Waals surface area contributed by atoms with E-state index in [1.54, 1.807) is 13.8 Å². The quantitative estimate of drug-likeness (QED) is 0.746. The van der Waals surface area contributed by atoms with Crippen molar-refractivity contribution in [3.63, 3.8) is 0 Å². The summed E-state index contributed by atoms with van der Waals surface area (Å²) in [6.45, 7) is 4.20. The van der Waals surface area contributed by atoms with Gasteiger partial charge >= 0.3 is 7.82 Å². The fourth-order valence-electron chi connectivity index (χ4n) is 1.58. The van der Waals surface area contributed by atoms with Gasteiger partial charge in [-0.1, -0.05) is 18.2 Å². The van der Waals surface area contributed by atoms with Crippen LogP contribution in [0.5, 0.6) is 0 Å². The zero-order valence-electron chi connectivity index (χ0n) is 10.9. The molecular weight excluding hydrogens is 269 g/mol. The summed E-state index contributed by atoms with van der Waals surface area (Å²) in [4.78, 5) is 0. The van der Waals surface area contributed by atoms with E-state index in [0.717, 1.165) is 16.4 Å². The van der Waals surface area contributed by atoms with E-state index in [1.807, 2.05) is 24.3 Å². The lowest BCUT2D eigenvalue weighted by Crippen LogP contribution is -2.19. The number of hydrogen-bond donors (Lipinski definition) is 0. The first-order valence-electron chi connectivity index (χ1n) is 6.03. The molecule has 0 atom stereocenters. The minimum Gasteiger partial charge on any atom is -0.286 e. The van der Waals surface area contributed by atoms with Crippen molar-refractivity contribution in [1.29, 1.82) is 0 Å². The molecule has 0 saturated heterocycles. The summed E-state index contributed by atoms with van der Waals surface area (Å²) < 4.78 is 27.4. The number of rotatable bonds is 6. The monoisotopic (exact) mass is 285 g/mol. The summed E-state index contributed by atoms with van der Waals surface area (Å²) in [5.41, 5.74) is 1.70. The molecule has 0 radical (unpaired) electrons. The Bertz CT molecular complexity index is 498. The highest BCUT2D eigenvalue weighted by Gasteiger charge is 2.31. The topological polar surface area (TPSA) is 72.7 Å². The van der Waals surface area contributed by atoms with Gasteiger partial charge in [-0.05, 0) is 25.1 Å². The average molecular weight is 285 g/mol. The molecule has 1 aliphatic rings. The summed E-state index contributed by atoms with van der Waals surface area (Å²) in [6, 6.07) is 7.51. The van der Waals surface area contributed by atoms with Crippen molar-refractivity contribution in [3.05, 3.63) is 29.8 Å². The molecule has 0 saturated carbocycles. The predicted molar refractivity (Wildman–Crippen MR) is 68.4 cm³/mol. The van der Waals surface area contributed by atoms with E-state index in [-0.39, 0.29) is 13.2 Å². The zero-order valence-corrected chi connectivity index (χ0v) is 11.7. The van der Waals surface area contributed by atoms with Gasteiger partial charge in [-0.2, -0.15) is 0 Å². The maximum atomic E-state index is 12.2. The molecule has 104 valence electrons. The smallest absolute Gasteiger partial charge is 0.286 e. The van der Waals surface area contributed by atoms with E-state index in [1.165, 1.54) is 0 Å². The fourth-order valence-corrected chi connectivity index (χ4v) is 2.70. The lowest BCUT2D eigenvalue weighted by atomic mass is 10.2. The van der Waals surface area contributed by atoms with Crippen LogP contribution in [0.15, 0.2) is 34.6 Å². The first kappa shape index (κ1) is 14.1. The highest BCUT2D eigenvalue weighted by Crippen LogP contribution is 2.50. The van der Waals surface area contributed by atoms with Gasteiger partial charge in [0.05, 0.1) is 25.4 Å². The second kappa shape index (κ2) is 6.25. The van der Waals surface area contributed by atoms with Crippen LogP contribution in [0.25, 0.3) is 0 Å². The van der Waals surface area contributed by atoms with Gasteiger partial charge in [0.15, 0.2) is 0 Å². The number of benzene rings is 1. The Hall–Kier alpha value is -1.27. The maximum Gasteiger partial charge on any atom is 0.497 e. The Labute approximate surface area is 111 Å². The summed E-state index contributed by atoms with van der Waals surface area (Å²) >= 11 is 0. The van der Waals surface area contributed by atoms with Crippen molar-refractivity contribution >= 4 is 13.5 Å². The van der Waals surface area contributed by atoms with Gasteiger partial charge in [-0.25, -0.2) is 4.57 Å². The van der Waals surface area contributed by atoms with E-state index in [0.29, 0.717) is 6.54 Å². The third-order valence-corrected chi connectivity index (χ3v) is 3.86. The maximum absolute atomic E-state index is 12.2. The van der Waals surface area contributed by atoms with Crippen molar-refractivity contribution in [3.8, 4) is 0 Å². The molecule has 7 nitrogen and oxygen atoms in total. The highest BCUT2D eigenvalue weighted by molar-refractivity contribution is 7.48. The highest BCUT2D eigenvalue weighted by atomic mass is 31.2. The van der Waals surface area contributed by atoms with Crippen LogP contribution in [0.2, 0.25) is 0 Å². The Morgan fingerprint density at radius 1 is 1.26 bits per heavy atom. The Balaban J connectivity index is 2.07. The van der Waals surface area contributed by atoms with E-state index in [9.17, 15) is 4.57 Å². The molecule has 19 heavy (non-hydrogen) atoms. The van der Waals surface area contributed by atoms with Gasteiger partial charge in [-0.3, -0.25) is 9.05 Å². The fraction of sp³-hybridized carbons (Fsp3) is 0.455. The third kappa shape index (κ3) is 3.61. The molecular formula is C11H16N3O4P. The number of hydroxylamine groups is 1. The number of phosphoric ester groups is 1. The van der Waals surface area contributed by atoms with Gasteiger partial charge in [0, 0.05) is 5.56 Å². The molecule has 0 N–H and O–H groups in total. The molecule has 1 aromatic rings. The number of fused-ring (bicyclic) bond motifs is 1. The first-order valence-corrected chi connectivity index (χ1v) is 7.49. The largest absolute Gasteiger partial charge is 0.497 e. The van der Waals surface area contributed by atoms with Gasteiger partial charge < -0.3 is 0 Å². The van der Waals surface area contributed by atoms with Crippen molar-refractivity contribution in [2.75, 3.05) is 13.2 Å². The molecule has 0 bridgehead atoms. The normalized spacial score (nSPS) is 14.5. The standard InChI is InChI=1S/C11H16N3O4P/c1-3-16-19(15,17-4-2)18-14-9-10-7-5-6-8-11(10)12-13-14/h5-8H,3-4,9H2,1-2H3. The van der Waals surface area contributed by atoms with Crippen LogP contribution in [0.4, 0.5) is 5.69 Å². The molecule has 0 aromatic heterocycles. The molecule has 0 aliphatic carbocycles. The van der Waals surface area contributed by atoms with E-state index < -0.39 is 7.82 Å². The van der Waals surface area contributed by atoms with Crippen LogP contribution in [0.3, 0.4) is 0 Å². The van der Waals surface area contributed by atoms with Crippen LogP contribution in [-0.2, 0) is 24.8 Å². The average Bonchev–Trinajstić information content (AvgIpc) is 2.39. The van der Waals surface area contributed by atoms with Gasteiger partial charge in [0.2, 0.25) is 0 Å². The summed E-state index contributed by atoms with van der Waals surface area (Å²) in [6.07, 6.45) is 0. The lowest BCUT2D eigenvalue weighted by molar-refractivity contribution is -0.107. The molecule has 1 aliphatic heterocycles. The molecule has 1 heterocycles. The van der Waals surface area contributed by atoms with Crippen LogP contribution in [-0.4, -0.2) is 18.4 Å². The molecule has 2 rings (SSSR count). The number of nitrogens with zero attached hydrogens (tertiary/aromatic N) is 3. The number of hydrogen-bond acceptors (Lipinski definition) is 7. The first-order chi connectivity index (χ1) is 9.17. The molecule has 0 spiro atoms. The summed E-state index contributed by atoms with van der Waals surface area (Å²) in [7, 11) is -3.63. The van der Waals surface area contributed by atoms with Gasteiger partial charge in [0.25, 0.3) is 0 Å². The zero-order chi connectivity index (χ0) is 13.7. The second-order valence-electron chi connectivity index (χ2n) is 3.69. The Morgan fingerprint density at radius 2 is 1.95 bits per heavy atom. The number of phosphoric acid groups is 1. The minimum absolute atomic E-state index is 0.221. The summed E-state index contributed by atoms with van der Waals surface area (Å²) in [5.74, 6) is 0. The van der Waals surface area contributed by atoms with Crippen molar-refractivity contribution in [1.82, 2.24) is 5.17 Å². The van der Waals surface area contributed by atoms with Crippen molar-refractivity contribution in [2.45, 2.75) is 20.4 Å². The van der Waals surface area contributed by atoms with Crippen LogP contribution >= 0.6 is 7.82 Å². The van der Waals surface area contributed by atoms with Crippen LogP contribution in [0, 0.1) is 0 Å². The van der Waals surface area contributed by atoms with E-state index in [2.05, 4.69) is 10.3 Å². The second-order valence-corrected chi connectivity index (χ2v) is 5.27. The molecule has 0 fully saturated rings. The van der Waals surface area contributed by atoms with Gasteiger partial charge in [-0.15, -0.1) is 14.9 Å². The summed E-state index contributed by atoms with van der Waals surface area (Å²) in [5, 5.41) is 8.92. The Morgan fingerprint density at radius 3 is 2.63 bits per heavy atom. The molecule has 0 unspecified atom stereocenters. The minimum atomic E-state index is -3.63. The third-order valence-electron chi connectivity index (χ3n) is 2.32. The van der Waals surface area contributed by atoms with Crippen molar-refractivity contribution in [2.24, 2.45) is 10.3 Å². The predicted octanol–water partition coefficient (Wildman–Crippen LogP) is 3.61. The van der Waals surface area contributed by atoms with Crippen molar-refractivity contribution < 1.29 is 18.2 Å². The van der Waals surface area contributed by atoms with E-state index >= 15 is 0 Å². The van der Waals surface area contributed by atoms with Crippen LogP contribution in [0.1, 0.15) is 19.4 Å². The SMILES string of the molecule is CCOP(=O)(OCC)ON1Cc2ccccc2N=N1. The van der Waals surface area contributed by atoms with E-state index in [4.69, 9.17) is 13.7 Å². The molecule has 8 heteroatoms. The Kier molecular flexibility index (Phi) is 4.66. The molecule has 0 amide bonds.